The van der Waals surface area contributed by atoms with E-state index < -0.39 is 5.60 Å². The number of rotatable bonds is 7. The maximum Gasteiger partial charge on any atom is 0.263 e. The van der Waals surface area contributed by atoms with Crippen LogP contribution in [0, 0.1) is 5.82 Å². The number of imidazole rings is 1. The van der Waals surface area contributed by atoms with Crippen LogP contribution in [-0.2, 0) is 17.9 Å². The van der Waals surface area contributed by atoms with Crippen molar-refractivity contribution < 1.29 is 13.9 Å². The molecule has 0 aliphatic carbocycles. The summed E-state index contributed by atoms with van der Waals surface area (Å²) in [6.07, 6.45) is 5.42. The quantitative estimate of drug-likeness (QED) is 0.695. The van der Waals surface area contributed by atoms with Gasteiger partial charge in [0.2, 0.25) is 0 Å². The third-order valence-corrected chi connectivity index (χ3v) is 4.10. The van der Waals surface area contributed by atoms with Gasteiger partial charge in [-0.25, -0.2) is 9.37 Å². The SMILES string of the molecule is CC(C)(Oc1ccc(F)cc1)C(=O)NCc1cccc(Cn2ccnc2)c1. The van der Waals surface area contributed by atoms with Crippen LogP contribution >= 0.6 is 0 Å². The van der Waals surface area contributed by atoms with E-state index in [9.17, 15) is 9.18 Å². The summed E-state index contributed by atoms with van der Waals surface area (Å²) >= 11 is 0. The summed E-state index contributed by atoms with van der Waals surface area (Å²) in [5.74, 6) is -0.147. The predicted octanol–water partition coefficient (Wildman–Crippen LogP) is 3.54. The van der Waals surface area contributed by atoms with Crippen molar-refractivity contribution in [2.45, 2.75) is 32.5 Å². The normalized spacial score (nSPS) is 11.2. The molecule has 0 radical (unpaired) electrons. The summed E-state index contributed by atoms with van der Waals surface area (Å²) in [6, 6.07) is 13.6. The molecule has 1 amide bonds. The van der Waals surface area contributed by atoms with Crippen LogP contribution in [0.1, 0.15) is 25.0 Å². The lowest BCUT2D eigenvalue weighted by molar-refractivity contribution is -0.134. The second-order valence-electron chi connectivity index (χ2n) is 6.80. The minimum Gasteiger partial charge on any atom is -0.478 e. The van der Waals surface area contributed by atoms with Crippen molar-refractivity contribution in [2.24, 2.45) is 0 Å². The molecule has 0 bridgehead atoms. The largest absolute Gasteiger partial charge is 0.478 e. The van der Waals surface area contributed by atoms with E-state index in [1.807, 2.05) is 35.0 Å². The fraction of sp³-hybridized carbons (Fsp3) is 0.238. The van der Waals surface area contributed by atoms with Gasteiger partial charge in [0.05, 0.1) is 6.33 Å². The number of amides is 1. The molecule has 3 rings (SSSR count). The van der Waals surface area contributed by atoms with E-state index >= 15 is 0 Å². The van der Waals surface area contributed by atoms with Crippen molar-refractivity contribution in [3.8, 4) is 5.75 Å². The Bertz CT molecular complexity index is 890. The lowest BCUT2D eigenvalue weighted by Crippen LogP contribution is -2.46. The number of hydrogen-bond acceptors (Lipinski definition) is 3. The van der Waals surface area contributed by atoms with Gasteiger partial charge in [-0.3, -0.25) is 4.79 Å². The molecule has 0 saturated heterocycles. The molecule has 0 saturated carbocycles. The number of ether oxygens (including phenoxy) is 1. The molecule has 0 spiro atoms. The summed E-state index contributed by atoms with van der Waals surface area (Å²) < 4.78 is 20.7. The van der Waals surface area contributed by atoms with Crippen molar-refractivity contribution >= 4 is 5.91 Å². The average Bonchev–Trinajstić information content (AvgIpc) is 3.15. The summed E-state index contributed by atoms with van der Waals surface area (Å²) in [5.41, 5.74) is 1.05. The predicted molar refractivity (Wildman–Crippen MR) is 101 cm³/mol. The number of carbonyl (C=O) groups excluding carboxylic acids is 1. The first kappa shape index (κ1) is 18.6. The Morgan fingerprint density at radius 1 is 1.19 bits per heavy atom. The zero-order valence-electron chi connectivity index (χ0n) is 15.4. The molecular formula is C21H22FN3O2. The third-order valence-electron chi connectivity index (χ3n) is 4.10. The number of nitrogens with zero attached hydrogens (tertiary/aromatic N) is 2. The molecule has 27 heavy (non-hydrogen) atoms. The topological polar surface area (TPSA) is 56.1 Å². The molecule has 6 heteroatoms. The Kier molecular flexibility index (Phi) is 5.54. The molecule has 140 valence electrons. The first-order chi connectivity index (χ1) is 12.9. The van der Waals surface area contributed by atoms with E-state index in [0.717, 1.165) is 17.7 Å². The smallest absolute Gasteiger partial charge is 0.263 e. The highest BCUT2D eigenvalue weighted by atomic mass is 19.1. The summed E-state index contributed by atoms with van der Waals surface area (Å²) in [5, 5.41) is 2.90. The molecule has 1 heterocycles. The van der Waals surface area contributed by atoms with Crippen molar-refractivity contribution in [1.29, 1.82) is 0 Å². The first-order valence-corrected chi connectivity index (χ1v) is 8.69. The molecule has 0 unspecified atom stereocenters. The Morgan fingerprint density at radius 2 is 1.93 bits per heavy atom. The Labute approximate surface area is 157 Å². The van der Waals surface area contributed by atoms with Gasteiger partial charge in [-0.2, -0.15) is 0 Å². The number of carbonyl (C=O) groups is 1. The first-order valence-electron chi connectivity index (χ1n) is 8.69. The van der Waals surface area contributed by atoms with Gasteiger partial charge in [0.1, 0.15) is 11.6 Å². The molecular weight excluding hydrogens is 345 g/mol. The lowest BCUT2D eigenvalue weighted by atomic mass is 10.1. The number of aromatic nitrogens is 2. The monoisotopic (exact) mass is 367 g/mol. The second kappa shape index (κ2) is 8.03. The zero-order valence-corrected chi connectivity index (χ0v) is 15.4. The van der Waals surface area contributed by atoms with Gasteiger partial charge in [-0.05, 0) is 49.2 Å². The van der Waals surface area contributed by atoms with Gasteiger partial charge < -0.3 is 14.6 Å². The van der Waals surface area contributed by atoms with Crippen LogP contribution in [0.15, 0.2) is 67.3 Å². The molecule has 3 aromatic rings. The van der Waals surface area contributed by atoms with Crippen LogP contribution in [0.25, 0.3) is 0 Å². The Morgan fingerprint density at radius 3 is 2.63 bits per heavy atom. The molecule has 2 aromatic carbocycles. The molecule has 5 nitrogen and oxygen atoms in total. The van der Waals surface area contributed by atoms with Crippen LogP contribution in [0.5, 0.6) is 5.75 Å². The van der Waals surface area contributed by atoms with Gasteiger partial charge in [0, 0.05) is 25.5 Å². The van der Waals surface area contributed by atoms with E-state index in [2.05, 4.69) is 10.3 Å². The van der Waals surface area contributed by atoms with Gasteiger partial charge in [-0.15, -0.1) is 0 Å². The maximum absolute atomic E-state index is 13.0. The van der Waals surface area contributed by atoms with E-state index in [1.165, 1.54) is 24.3 Å². The minimum atomic E-state index is -1.08. The molecule has 0 aliphatic rings. The summed E-state index contributed by atoms with van der Waals surface area (Å²) in [4.78, 5) is 16.6. The second-order valence-corrected chi connectivity index (χ2v) is 6.80. The minimum absolute atomic E-state index is 0.244. The fourth-order valence-electron chi connectivity index (χ4n) is 2.67. The van der Waals surface area contributed by atoms with E-state index in [-0.39, 0.29) is 11.7 Å². The van der Waals surface area contributed by atoms with E-state index in [0.29, 0.717) is 12.3 Å². The number of nitrogens with one attached hydrogen (secondary N) is 1. The maximum atomic E-state index is 13.0. The van der Waals surface area contributed by atoms with E-state index in [4.69, 9.17) is 4.74 Å². The molecule has 0 fully saturated rings. The zero-order chi connectivity index (χ0) is 19.3. The molecule has 1 N–H and O–H groups in total. The van der Waals surface area contributed by atoms with Crippen LogP contribution < -0.4 is 10.1 Å². The van der Waals surface area contributed by atoms with Crippen LogP contribution in [0.3, 0.4) is 0 Å². The lowest BCUT2D eigenvalue weighted by Gasteiger charge is -2.25. The number of hydrogen-bond donors (Lipinski definition) is 1. The number of halogens is 1. The van der Waals surface area contributed by atoms with Crippen LogP contribution in [0.4, 0.5) is 4.39 Å². The fourth-order valence-corrected chi connectivity index (χ4v) is 2.67. The van der Waals surface area contributed by atoms with Crippen molar-refractivity contribution in [3.05, 3.63) is 84.2 Å². The summed E-state index contributed by atoms with van der Waals surface area (Å²) in [6.45, 7) is 4.48. The highest BCUT2D eigenvalue weighted by Crippen LogP contribution is 2.19. The standard InChI is InChI=1S/C21H22FN3O2/c1-21(2,27-19-8-6-18(22)7-9-19)20(26)24-13-16-4-3-5-17(12-16)14-25-11-10-23-15-25/h3-12,15H,13-14H2,1-2H3,(H,24,26). The van der Waals surface area contributed by atoms with Crippen molar-refractivity contribution in [1.82, 2.24) is 14.9 Å². The van der Waals surface area contributed by atoms with Gasteiger partial charge in [0.15, 0.2) is 5.60 Å². The Balaban J connectivity index is 1.58. The van der Waals surface area contributed by atoms with Crippen molar-refractivity contribution in [2.75, 3.05) is 0 Å². The molecule has 0 aliphatic heterocycles. The van der Waals surface area contributed by atoms with Crippen LogP contribution in [0.2, 0.25) is 0 Å². The Hall–Kier alpha value is -3.15. The molecule has 0 atom stereocenters. The summed E-state index contributed by atoms with van der Waals surface area (Å²) in [7, 11) is 0. The molecule has 1 aromatic heterocycles. The highest BCUT2D eigenvalue weighted by Gasteiger charge is 2.29. The van der Waals surface area contributed by atoms with Crippen LogP contribution in [-0.4, -0.2) is 21.1 Å². The van der Waals surface area contributed by atoms with Gasteiger partial charge >= 0.3 is 0 Å². The average molecular weight is 367 g/mol. The van der Waals surface area contributed by atoms with Gasteiger partial charge in [-0.1, -0.05) is 24.3 Å². The highest BCUT2D eigenvalue weighted by molar-refractivity contribution is 5.84. The van der Waals surface area contributed by atoms with Crippen molar-refractivity contribution in [3.63, 3.8) is 0 Å². The number of benzene rings is 2. The van der Waals surface area contributed by atoms with Gasteiger partial charge in [0.25, 0.3) is 5.91 Å². The van der Waals surface area contributed by atoms with E-state index in [1.54, 1.807) is 26.4 Å². The third kappa shape index (κ3) is 5.17.